The molecule has 0 amide bonds. The lowest BCUT2D eigenvalue weighted by Crippen LogP contribution is -2.45. The molecule has 0 saturated heterocycles. The van der Waals surface area contributed by atoms with Crippen molar-refractivity contribution in [1.29, 1.82) is 0 Å². The van der Waals surface area contributed by atoms with Gasteiger partial charge in [0.05, 0.1) is 6.04 Å². The van der Waals surface area contributed by atoms with Gasteiger partial charge >= 0.3 is 0 Å². The molecule has 0 radical (unpaired) electrons. The molecular weight excluding hydrogens is 441 g/mol. The van der Waals surface area contributed by atoms with Gasteiger partial charge in [0, 0.05) is 38.8 Å². The Morgan fingerprint density at radius 1 is 1.31 bits per heavy atom. The minimum absolute atomic E-state index is 0. The molecule has 0 aromatic heterocycles. The number of aliphatic imine (C=N–C) groups is 1. The third-order valence-electron chi connectivity index (χ3n) is 4.72. The standard InChI is InChI=1S/C20H31N3O2.HI/c1-20(2)13-17(16-7-4-5-8-18(16)25-20)23-19(21-3)22-11-6-12-24-14-15-9-10-15;/h4-5,7-8,15,17H,6,9-14H2,1-3H3,(H2,21,22,23);1H. The normalized spacial score (nSPS) is 21.2. The minimum Gasteiger partial charge on any atom is -0.487 e. The van der Waals surface area contributed by atoms with E-state index in [-0.39, 0.29) is 35.6 Å². The first-order chi connectivity index (χ1) is 12.1. The Hall–Kier alpha value is -1.02. The van der Waals surface area contributed by atoms with Crippen molar-refractivity contribution in [2.24, 2.45) is 10.9 Å². The molecular formula is C20H32IN3O2. The van der Waals surface area contributed by atoms with Gasteiger partial charge in [-0.3, -0.25) is 4.99 Å². The molecule has 1 unspecified atom stereocenters. The second-order valence-corrected chi connectivity index (χ2v) is 7.67. The predicted molar refractivity (Wildman–Crippen MR) is 117 cm³/mol. The molecule has 2 N–H and O–H groups in total. The van der Waals surface area contributed by atoms with Crippen LogP contribution in [-0.4, -0.2) is 38.4 Å². The monoisotopic (exact) mass is 473 g/mol. The number of ether oxygens (including phenoxy) is 2. The fourth-order valence-electron chi connectivity index (χ4n) is 3.21. The number of hydrogen-bond donors (Lipinski definition) is 2. The maximum absolute atomic E-state index is 6.10. The van der Waals surface area contributed by atoms with Crippen LogP contribution in [0.2, 0.25) is 0 Å². The highest BCUT2D eigenvalue weighted by molar-refractivity contribution is 14.0. The Morgan fingerprint density at radius 3 is 2.81 bits per heavy atom. The summed E-state index contributed by atoms with van der Waals surface area (Å²) in [5.74, 6) is 2.62. The molecule has 2 aliphatic rings. The lowest BCUT2D eigenvalue weighted by atomic mass is 9.90. The zero-order chi connectivity index (χ0) is 17.7. The van der Waals surface area contributed by atoms with E-state index >= 15 is 0 Å². The summed E-state index contributed by atoms with van der Waals surface area (Å²) in [5.41, 5.74) is 0.999. The highest BCUT2D eigenvalue weighted by atomic mass is 127. The molecule has 5 nitrogen and oxygen atoms in total. The SMILES string of the molecule is CN=C(NCCCOCC1CC1)NC1CC(C)(C)Oc2ccccc21.I. The molecule has 1 saturated carbocycles. The van der Waals surface area contributed by atoms with E-state index in [1.807, 2.05) is 19.2 Å². The first-order valence-electron chi connectivity index (χ1n) is 9.40. The van der Waals surface area contributed by atoms with Crippen LogP contribution in [0.5, 0.6) is 5.75 Å². The molecule has 3 rings (SSSR count). The van der Waals surface area contributed by atoms with Crippen LogP contribution in [0, 0.1) is 5.92 Å². The van der Waals surface area contributed by atoms with E-state index in [0.29, 0.717) is 0 Å². The Morgan fingerprint density at radius 2 is 2.08 bits per heavy atom. The van der Waals surface area contributed by atoms with E-state index in [0.717, 1.165) is 50.2 Å². The zero-order valence-electron chi connectivity index (χ0n) is 16.1. The molecule has 1 fully saturated rings. The van der Waals surface area contributed by atoms with Crippen molar-refractivity contribution in [3.63, 3.8) is 0 Å². The van der Waals surface area contributed by atoms with E-state index in [4.69, 9.17) is 9.47 Å². The molecule has 146 valence electrons. The largest absolute Gasteiger partial charge is 0.487 e. The van der Waals surface area contributed by atoms with E-state index in [2.05, 4.69) is 41.6 Å². The molecule has 1 aromatic rings. The number of benzene rings is 1. The van der Waals surface area contributed by atoms with Gasteiger partial charge in [-0.05, 0) is 45.1 Å². The van der Waals surface area contributed by atoms with Crippen molar-refractivity contribution in [2.75, 3.05) is 26.8 Å². The number of nitrogens with one attached hydrogen (secondary N) is 2. The van der Waals surface area contributed by atoms with E-state index in [9.17, 15) is 0 Å². The van der Waals surface area contributed by atoms with Crippen LogP contribution in [0.4, 0.5) is 0 Å². The highest BCUT2D eigenvalue weighted by Gasteiger charge is 2.33. The van der Waals surface area contributed by atoms with E-state index in [1.54, 1.807) is 0 Å². The summed E-state index contributed by atoms with van der Waals surface area (Å²) in [4.78, 5) is 4.37. The second-order valence-electron chi connectivity index (χ2n) is 7.67. The van der Waals surface area contributed by atoms with Gasteiger partial charge in [0.25, 0.3) is 0 Å². The van der Waals surface area contributed by atoms with Crippen LogP contribution >= 0.6 is 24.0 Å². The summed E-state index contributed by atoms with van der Waals surface area (Å²) in [6.07, 6.45) is 4.58. The topological polar surface area (TPSA) is 54.9 Å². The number of fused-ring (bicyclic) bond motifs is 1. The molecule has 1 heterocycles. The van der Waals surface area contributed by atoms with Gasteiger partial charge in [0.2, 0.25) is 0 Å². The quantitative estimate of drug-likeness (QED) is 0.273. The molecule has 1 aromatic carbocycles. The third-order valence-corrected chi connectivity index (χ3v) is 4.72. The summed E-state index contributed by atoms with van der Waals surface area (Å²) < 4.78 is 11.8. The van der Waals surface area contributed by atoms with Crippen LogP contribution in [0.1, 0.15) is 51.1 Å². The third kappa shape index (κ3) is 6.30. The average molecular weight is 473 g/mol. The number of hydrogen-bond acceptors (Lipinski definition) is 3. The summed E-state index contributed by atoms with van der Waals surface area (Å²) in [7, 11) is 1.81. The number of rotatable bonds is 7. The van der Waals surface area contributed by atoms with Gasteiger partial charge in [-0.2, -0.15) is 0 Å². The van der Waals surface area contributed by atoms with Gasteiger partial charge in [0.1, 0.15) is 11.4 Å². The van der Waals surface area contributed by atoms with Gasteiger partial charge in [-0.25, -0.2) is 0 Å². The maximum atomic E-state index is 6.10. The van der Waals surface area contributed by atoms with Crippen LogP contribution < -0.4 is 15.4 Å². The fraction of sp³-hybridized carbons (Fsp3) is 0.650. The van der Waals surface area contributed by atoms with Crippen molar-refractivity contribution in [3.8, 4) is 5.75 Å². The summed E-state index contributed by atoms with van der Waals surface area (Å²) >= 11 is 0. The molecule has 6 heteroatoms. The van der Waals surface area contributed by atoms with Crippen LogP contribution in [0.25, 0.3) is 0 Å². The number of nitrogens with zero attached hydrogens (tertiary/aromatic N) is 1. The molecule has 1 aliphatic carbocycles. The van der Waals surface area contributed by atoms with Gasteiger partial charge < -0.3 is 20.1 Å². The molecule has 0 bridgehead atoms. The summed E-state index contributed by atoms with van der Waals surface area (Å²) in [6.45, 7) is 6.86. The van der Waals surface area contributed by atoms with E-state index in [1.165, 1.54) is 18.4 Å². The van der Waals surface area contributed by atoms with Crippen molar-refractivity contribution >= 4 is 29.9 Å². The van der Waals surface area contributed by atoms with Crippen molar-refractivity contribution in [1.82, 2.24) is 10.6 Å². The Balaban J connectivity index is 0.00000243. The van der Waals surface area contributed by atoms with Crippen molar-refractivity contribution in [2.45, 2.75) is 51.2 Å². The van der Waals surface area contributed by atoms with Crippen molar-refractivity contribution < 1.29 is 9.47 Å². The molecule has 1 aliphatic heterocycles. The van der Waals surface area contributed by atoms with Crippen LogP contribution in [0.3, 0.4) is 0 Å². The summed E-state index contributed by atoms with van der Waals surface area (Å²) in [5, 5.41) is 6.95. The smallest absolute Gasteiger partial charge is 0.191 e. The first-order valence-corrected chi connectivity index (χ1v) is 9.40. The lowest BCUT2D eigenvalue weighted by molar-refractivity contribution is 0.0694. The Bertz CT molecular complexity index is 602. The maximum Gasteiger partial charge on any atom is 0.191 e. The minimum atomic E-state index is -0.193. The lowest BCUT2D eigenvalue weighted by Gasteiger charge is -2.38. The zero-order valence-corrected chi connectivity index (χ0v) is 18.4. The van der Waals surface area contributed by atoms with Crippen LogP contribution in [0.15, 0.2) is 29.3 Å². The Kier molecular flexibility index (Phi) is 8.01. The fourth-order valence-corrected chi connectivity index (χ4v) is 3.21. The number of guanidine groups is 1. The molecule has 26 heavy (non-hydrogen) atoms. The number of halogens is 1. The van der Waals surface area contributed by atoms with Gasteiger partial charge in [-0.15, -0.1) is 24.0 Å². The number of para-hydroxylation sites is 1. The average Bonchev–Trinajstić information content (AvgIpc) is 3.40. The van der Waals surface area contributed by atoms with Crippen molar-refractivity contribution in [3.05, 3.63) is 29.8 Å². The van der Waals surface area contributed by atoms with Crippen LogP contribution in [-0.2, 0) is 4.74 Å². The predicted octanol–water partition coefficient (Wildman–Crippen LogP) is 3.89. The summed E-state index contributed by atoms with van der Waals surface area (Å²) in [6, 6.07) is 8.44. The Labute approximate surface area is 174 Å². The van der Waals surface area contributed by atoms with Gasteiger partial charge in [-0.1, -0.05) is 18.2 Å². The van der Waals surface area contributed by atoms with E-state index < -0.39 is 0 Å². The second kappa shape index (κ2) is 9.78. The first kappa shape index (κ1) is 21.3. The van der Waals surface area contributed by atoms with Gasteiger partial charge in [0.15, 0.2) is 5.96 Å². The molecule has 1 atom stereocenters. The highest BCUT2D eigenvalue weighted by Crippen LogP contribution is 2.39. The molecule has 0 spiro atoms.